The quantitative estimate of drug-likeness (QED) is 0.926. The largest absolute Gasteiger partial charge is 0.492 e. The second-order valence-electron chi connectivity index (χ2n) is 5.07. The van der Waals surface area contributed by atoms with E-state index in [9.17, 15) is 13.2 Å². The average Bonchev–Trinajstić information content (AvgIpc) is 3.12. The molecule has 1 amide bonds. The summed E-state index contributed by atoms with van der Waals surface area (Å²) >= 11 is 1.17. The molecule has 0 saturated carbocycles. The zero-order valence-electron chi connectivity index (χ0n) is 12.0. The summed E-state index contributed by atoms with van der Waals surface area (Å²) in [7, 11) is -3.19. The molecule has 0 atom stereocenters. The van der Waals surface area contributed by atoms with Gasteiger partial charge in [-0.05, 0) is 23.8 Å². The Morgan fingerprint density at radius 2 is 2.14 bits per heavy atom. The van der Waals surface area contributed by atoms with Crippen LogP contribution in [-0.2, 0) is 22.8 Å². The van der Waals surface area contributed by atoms with Gasteiger partial charge in [0.05, 0.1) is 18.7 Å². The van der Waals surface area contributed by atoms with Crippen LogP contribution in [0.2, 0.25) is 0 Å². The van der Waals surface area contributed by atoms with Crippen LogP contribution in [-0.4, -0.2) is 27.2 Å². The minimum Gasteiger partial charge on any atom is -0.492 e. The number of benzene rings is 1. The average molecular weight is 337 g/mol. The summed E-state index contributed by atoms with van der Waals surface area (Å²) in [6.45, 7) is 0.894. The Morgan fingerprint density at radius 1 is 1.32 bits per heavy atom. The zero-order chi connectivity index (χ0) is 15.7. The molecule has 0 fully saturated rings. The number of carbonyl (C=O) groups excluding carboxylic acids is 1. The monoisotopic (exact) mass is 337 g/mol. The Labute approximate surface area is 132 Å². The van der Waals surface area contributed by atoms with Gasteiger partial charge in [0.25, 0.3) is 5.91 Å². The maximum absolute atomic E-state index is 12.3. The number of sulfone groups is 1. The lowest BCUT2D eigenvalue weighted by Crippen LogP contribution is -2.22. The molecule has 116 valence electrons. The number of thiophene rings is 1. The number of amides is 1. The van der Waals surface area contributed by atoms with Gasteiger partial charge in [-0.15, -0.1) is 11.3 Å². The first-order chi connectivity index (χ1) is 10.4. The Hall–Kier alpha value is -1.86. The van der Waals surface area contributed by atoms with Crippen molar-refractivity contribution in [2.75, 3.05) is 12.9 Å². The number of hydrogen-bond acceptors (Lipinski definition) is 5. The van der Waals surface area contributed by atoms with Gasteiger partial charge in [0.15, 0.2) is 9.84 Å². The molecule has 7 heteroatoms. The molecule has 0 aliphatic carbocycles. The van der Waals surface area contributed by atoms with E-state index < -0.39 is 9.84 Å². The van der Waals surface area contributed by atoms with Crippen molar-refractivity contribution in [2.45, 2.75) is 17.2 Å². The van der Waals surface area contributed by atoms with Crippen molar-refractivity contribution in [3.8, 4) is 5.75 Å². The van der Waals surface area contributed by atoms with Crippen molar-refractivity contribution in [1.29, 1.82) is 0 Å². The zero-order valence-corrected chi connectivity index (χ0v) is 13.6. The normalized spacial score (nSPS) is 13.5. The van der Waals surface area contributed by atoms with Crippen molar-refractivity contribution >= 4 is 27.1 Å². The fourth-order valence-electron chi connectivity index (χ4n) is 2.31. The molecule has 1 aromatic carbocycles. The fourth-order valence-corrected chi connectivity index (χ4v) is 4.23. The smallest absolute Gasteiger partial charge is 0.255 e. The number of fused-ring (bicyclic) bond motifs is 1. The van der Waals surface area contributed by atoms with Crippen LogP contribution < -0.4 is 10.1 Å². The molecule has 5 nitrogen and oxygen atoms in total. The van der Waals surface area contributed by atoms with Gasteiger partial charge in [-0.1, -0.05) is 12.1 Å². The summed E-state index contributed by atoms with van der Waals surface area (Å²) in [5, 5.41) is 2.81. The Balaban J connectivity index is 1.71. The van der Waals surface area contributed by atoms with Gasteiger partial charge in [-0.3, -0.25) is 4.79 Å². The van der Waals surface area contributed by atoms with Crippen LogP contribution in [0.4, 0.5) is 0 Å². The van der Waals surface area contributed by atoms with E-state index in [2.05, 4.69) is 5.32 Å². The lowest BCUT2D eigenvalue weighted by molar-refractivity contribution is 0.0948. The van der Waals surface area contributed by atoms with Crippen LogP contribution in [0.1, 0.15) is 20.8 Å². The highest BCUT2D eigenvalue weighted by molar-refractivity contribution is 7.92. The summed E-state index contributed by atoms with van der Waals surface area (Å²) in [6, 6.07) is 8.81. The Bertz CT molecular complexity index is 824. The second-order valence-corrected chi connectivity index (χ2v) is 8.48. The lowest BCUT2D eigenvalue weighted by Gasteiger charge is -2.08. The maximum Gasteiger partial charge on any atom is 0.255 e. The highest BCUT2D eigenvalue weighted by Gasteiger charge is 2.20. The summed E-state index contributed by atoms with van der Waals surface area (Å²) in [4.78, 5) is 13.1. The number of nitrogens with one attached hydrogen (secondary N) is 1. The molecule has 0 unspecified atom stereocenters. The Morgan fingerprint density at radius 3 is 2.86 bits per heavy atom. The summed E-state index contributed by atoms with van der Waals surface area (Å²) < 4.78 is 28.7. The molecule has 2 aromatic rings. The molecule has 0 radical (unpaired) electrons. The number of carbonyl (C=O) groups is 1. The van der Waals surface area contributed by atoms with Gasteiger partial charge in [-0.25, -0.2) is 8.42 Å². The maximum atomic E-state index is 12.3. The molecular weight excluding hydrogens is 322 g/mol. The first-order valence-electron chi connectivity index (χ1n) is 6.77. The number of rotatable bonds is 4. The molecule has 1 aliphatic rings. The second kappa shape index (κ2) is 5.73. The molecule has 2 heterocycles. The van der Waals surface area contributed by atoms with Crippen LogP contribution >= 0.6 is 11.3 Å². The van der Waals surface area contributed by atoms with Crippen molar-refractivity contribution in [1.82, 2.24) is 5.32 Å². The van der Waals surface area contributed by atoms with Gasteiger partial charge >= 0.3 is 0 Å². The van der Waals surface area contributed by atoms with Gasteiger partial charge in [-0.2, -0.15) is 0 Å². The van der Waals surface area contributed by atoms with Crippen molar-refractivity contribution in [3.63, 3.8) is 0 Å². The third-order valence-electron chi connectivity index (χ3n) is 3.38. The third kappa shape index (κ3) is 3.00. The molecule has 0 saturated heterocycles. The van der Waals surface area contributed by atoms with Crippen LogP contribution in [0.3, 0.4) is 0 Å². The van der Waals surface area contributed by atoms with E-state index in [1.54, 1.807) is 18.2 Å². The fraction of sp³-hybridized carbons (Fsp3) is 0.267. The topological polar surface area (TPSA) is 72.5 Å². The predicted molar refractivity (Wildman–Crippen MR) is 84.2 cm³/mol. The van der Waals surface area contributed by atoms with E-state index in [0.717, 1.165) is 16.9 Å². The van der Waals surface area contributed by atoms with Gasteiger partial charge in [0, 0.05) is 17.6 Å². The van der Waals surface area contributed by atoms with E-state index in [1.165, 1.54) is 17.6 Å². The highest BCUT2D eigenvalue weighted by atomic mass is 32.2. The van der Waals surface area contributed by atoms with E-state index in [-0.39, 0.29) is 5.91 Å². The number of para-hydroxylation sites is 1. The van der Waals surface area contributed by atoms with Gasteiger partial charge < -0.3 is 10.1 Å². The molecular formula is C15H15NO4S2. The van der Waals surface area contributed by atoms with E-state index in [0.29, 0.717) is 28.7 Å². The number of ether oxygens (including phenoxy) is 1. The van der Waals surface area contributed by atoms with Crippen molar-refractivity contribution in [2.24, 2.45) is 0 Å². The summed E-state index contributed by atoms with van der Waals surface area (Å²) in [6.07, 6.45) is 1.99. The Kier molecular flexibility index (Phi) is 3.92. The predicted octanol–water partition coefficient (Wildman–Crippen LogP) is 2.02. The summed E-state index contributed by atoms with van der Waals surface area (Å²) in [5.74, 6) is 0.441. The van der Waals surface area contributed by atoms with Gasteiger partial charge in [0.2, 0.25) is 0 Å². The molecule has 0 bridgehead atoms. The SMILES string of the molecule is CS(=O)(=O)c1ccc(CNC(=O)c2cccc3c2OCC3)s1. The third-order valence-corrected chi connectivity index (χ3v) is 6.29. The first-order valence-corrected chi connectivity index (χ1v) is 9.47. The minimum atomic E-state index is -3.19. The van der Waals surface area contributed by atoms with Crippen LogP contribution in [0, 0.1) is 0 Å². The molecule has 1 aromatic heterocycles. The number of hydrogen-bond donors (Lipinski definition) is 1. The molecule has 0 spiro atoms. The molecule has 1 aliphatic heterocycles. The first kappa shape index (κ1) is 15.1. The standard InChI is InChI=1S/C15H15NO4S2/c1-22(18,19)13-6-5-11(21-13)9-16-15(17)12-4-2-3-10-7-8-20-14(10)12/h2-6H,7-9H2,1H3,(H,16,17). The van der Waals surface area contributed by atoms with E-state index in [1.807, 2.05) is 12.1 Å². The van der Waals surface area contributed by atoms with Crippen molar-refractivity contribution in [3.05, 3.63) is 46.3 Å². The highest BCUT2D eigenvalue weighted by Crippen LogP contribution is 2.29. The molecule has 22 heavy (non-hydrogen) atoms. The van der Waals surface area contributed by atoms with E-state index in [4.69, 9.17) is 4.74 Å². The molecule has 1 N–H and O–H groups in total. The van der Waals surface area contributed by atoms with Crippen LogP contribution in [0.5, 0.6) is 5.75 Å². The summed E-state index contributed by atoms with van der Waals surface area (Å²) in [5.41, 5.74) is 1.57. The van der Waals surface area contributed by atoms with Crippen LogP contribution in [0.25, 0.3) is 0 Å². The molecule has 3 rings (SSSR count). The lowest BCUT2D eigenvalue weighted by atomic mass is 10.1. The van der Waals surface area contributed by atoms with Crippen LogP contribution in [0.15, 0.2) is 34.5 Å². The van der Waals surface area contributed by atoms with Gasteiger partial charge in [0.1, 0.15) is 9.96 Å². The minimum absolute atomic E-state index is 0.215. The van der Waals surface area contributed by atoms with Crippen molar-refractivity contribution < 1.29 is 17.9 Å². The van der Waals surface area contributed by atoms with E-state index >= 15 is 0 Å².